The lowest BCUT2D eigenvalue weighted by molar-refractivity contribution is 0.234. The number of benzene rings is 1. The van der Waals surface area contributed by atoms with Crippen molar-refractivity contribution in [2.45, 2.75) is 32.2 Å². The molecule has 1 rings (SSSR count). The first-order chi connectivity index (χ1) is 8.61. The van der Waals surface area contributed by atoms with Crippen molar-refractivity contribution in [1.29, 1.82) is 0 Å². The van der Waals surface area contributed by atoms with Crippen molar-refractivity contribution in [1.82, 2.24) is 4.90 Å². The van der Waals surface area contributed by atoms with Gasteiger partial charge in [-0.05, 0) is 32.1 Å². The first kappa shape index (κ1) is 15.1. The standard InChI is InChI=1S/C14H22F2N2/c1-3-4-5-9-18(2)13(10-17)14-11(15)7-6-8-12(14)16/h6-8,13H,3-5,9-10,17H2,1-2H3. The average Bonchev–Trinajstić information content (AvgIpc) is 2.34. The highest BCUT2D eigenvalue weighted by molar-refractivity contribution is 5.23. The van der Waals surface area contributed by atoms with Crippen molar-refractivity contribution in [2.75, 3.05) is 20.1 Å². The molecule has 0 aliphatic heterocycles. The van der Waals surface area contributed by atoms with Gasteiger partial charge in [0, 0.05) is 12.1 Å². The van der Waals surface area contributed by atoms with Crippen molar-refractivity contribution in [2.24, 2.45) is 5.73 Å². The van der Waals surface area contributed by atoms with Crippen molar-refractivity contribution in [3.8, 4) is 0 Å². The van der Waals surface area contributed by atoms with E-state index in [-0.39, 0.29) is 12.1 Å². The van der Waals surface area contributed by atoms with Crippen LogP contribution in [0.15, 0.2) is 18.2 Å². The van der Waals surface area contributed by atoms with E-state index in [1.807, 2.05) is 11.9 Å². The minimum absolute atomic E-state index is 0.0824. The fourth-order valence-electron chi connectivity index (χ4n) is 2.11. The van der Waals surface area contributed by atoms with Crippen molar-refractivity contribution >= 4 is 0 Å². The Morgan fingerprint density at radius 1 is 1.22 bits per heavy atom. The van der Waals surface area contributed by atoms with Crippen molar-refractivity contribution in [3.63, 3.8) is 0 Å². The van der Waals surface area contributed by atoms with Crippen LogP contribution >= 0.6 is 0 Å². The number of unbranched alkanes of at least 4 members (excludes halogenated alkanes) is 2. The molecule has 0 aliphatic carbocycles. The Kier molecular flexibility index (Phi) is 6.22. The topological polar surface area (TPSA) is 29.3 Å². The summed E-state index contributed by atoms with van der Waals surface area (Å²) in [4.78, 5) is 1.93. The highest BCUT2D eigenvalue weighted by atomic mass is 19.1. The van der Waals surface area contributed by atoms with Gasteiger partial charge in [-0.3, -0.25) is 4.90 Å². The van der Waals surface area contributed by atoms with Crippen LogP contribution in [0.5, 0.6) is 0 Å². The first-order valence-corrected chi connectivity index (χ1v) is 6.46. The number of likely N-dealkylation sites (N-methyl/N-ethyl adjacent to an activating group) is 1. The minimum atomic E-state index is -0.521. The third kappa shape index (κ3) is 3.75. The summed E-state index contributed by atoms with van der Waals surface area (Å²) in [7, 11) is 1.86. The molecule has 18 heavy (non-hydrogen) atoms. The van der Waals surface area contributed by atoms with Gasteiger partial charge >= 0.3 is 0 Å². The number of nitrogens with two attached hydrogens (primary N) is 1. The molecular weight excluding hydrogens is 234 g/mol. The van der Waals surface area contributed by atoms with Crippen LogP contribution in [0.1, 0.15) is 37.8 Å². The highest BCUT2D eigenvalue weighted by Gasteiger charge is 2.22. The average molecular weight is 256 g/mol. The molecule has 1 unspecified atom stereocenters. The van der Waals surface area contributed by atoms with Crippen LogP contribution in [-0.4, -0.2) is 25.0 Å². The summed E-state index contributed by atoms with van der Waals surface area (Å²) >= 11 is 0. The van der Waals surface area contributed by atoms with Gasteiger partial charge in [0.25, 0.3) is 0 Å². The number of hydrogen-bond acceptors (Lipinski definition) is 2. The molecule has 0 bridgehead atoms. The van der Waals surface area contributed by atoms with Gasteiger partial charge in [-0.1, -0.05) is 25.8 Å². The van der Waals surface area contributed by atoms with Crippen LogP contribution in [0.2, 0.25) is 0 Å². The van der Waals surface area contributed by atoms with Crippen LogP contribution in [0.3, 0.4) is 0 Å². The summed E-state index contributed by atoms with van der Waals surface area (Å²) in [6.45, 7) is 3.13. The molecule has 0 saturated carbocycles. The van der Waals surface area contributed by atoms with Gasteiger partial charge in [0.15, 0.2) is 0 Å². The van der Waals surface area contributed by atoms with E-state index in [2.05, 4.69) is 6.92 Å². The monoisotopic (exact) mass is 256 g/mol. The summed E-state index contributed by atoms with van der Waals surface area (Å²) in [5.41, 5.74) is 5.76. The molecule has 1 aromatic carbocycles. The lowest BCUT2D eigenvalue weighted by Gasteiger charge is -2.27. The van der Waals surface area contributed by atoms with Crippen LogP contribution < -0.4 is 5.73 Å². The fourth-order valence-corrected chi connectivity index (χ4v) is 2.11. The summed E-state index contributed by atoms with van der Waals surface area (Å²) in [6, 6.07) is 3.53. The zero-order valence-electron chi connectivity index (χ0n) is 11.1. The number of nitrogens with zero attached hydrogens (tertiary/aromatic N) is 1. The molecule has 0 aliphatic rings. The molecule has 2 N–H and O–H groups in total. The van der Waals surface area contributed by atoms with Crippen LogP contribution in [0.4, 0.5) is 8.78 Å². The lowest BCUT2D eigenvalue weighted by Crippen LogP contribution is -2.32. The first-order valence-electron chi connectivity index (χ1n) is 6.46. The zero-order valence-corrected chi connectivity index (χ0v) is 11.1. The minimum Gasteiger partial charge on any atom is -0.329 e. The third-order valence-electron chi connectivity index (χ3n) is 3.20. The van der Waals surface area contributed by atoms with E-state index in [0.717, 1.165) is 25.8 Å². The van der Waals surface area contributed by atoms with Crippen LogP contribution in [-0.2, 0) is 0 Å². The number of rotatable bonds is 7. The maximum Gasteiger partial charge on any atom is 0.130 e. The van der Waals surface area contributed by atoms with E-state index >= 15 is 0 Å². The third-order valence-corrected chi connectivity index (χ3v) is 3.20. The molecule has 0 radical (unpaired) electrons. The second-order valence-electron chi connectivity index (χ2n) is 4.57. The molecule has 4 heteroatoms. The Morgan fingerprint density at radius 3 is 2.33 bits per heavy atom. The normalized spacial score (nSPS) is 13.0. The smallest absolute Gasteiger partial charge is 0.130 e. The maximum absolute atomic E-state index is 13.7. The second kappa shape index (κ2) is 7.44. The van der Waals surface area contributed by atoms with E-state index in [1.165, 1.54) is 18.2 Å². The van der Waals surface area contributed by atoms with E-state index in [9.17, 15) is 8.78 Å². The Labute approximate surface area is 108 Å². The Bertz CT molecular complexity index is 349. The molecule has 0 heterocycles. The molecule has 0 spiro atoms. The van der Waals surface area contributed by atoms with Crippen molar-refractivity contribution < 1.29 is 8.78 Å². The van der Waals surface area contributed by atoms with Gasteiger partial charge in [-0.2, -0.15) is 0 Å². The summed E-state index contributed by atoms with van der Waals surface area (Å²) < 4.78 is 27.4. The second-order valence-corrected chi connectivity index (χ2v) is 4.57. The van der Waals surface area contributed by atoms with Gasteiger partial charge in [0.05, 0.1) is 6.04 Å². The van der Waals surface area contributed by atoms with Gasteiger partial charge in [0.2, 0.25) is 0 Å². The predicted octanol–water partition coefficient (Wildman–Crippen LogP) is 3.09. The largest absolute Gasteiger partial charge is 0.329 e. The molecule has 102 valence electrons. The summed E-state index contributed by atoms with van der Waals surface area (Å²) in [5, 5.41) is 0. The number of halogens is 2. The van der Waals surface area contributed by atoms with Gasteiger partial charge in [0.1, 0.15) is 11.6 Å². The molecule has 1 atom stereocenters. The SMILES string of the molecule is CCCCCN(C)C(CN)c1c(F)cccc1F. The molecule has 0 fully saturated rings. The van der Waals surface area contributed by atoms with E-state index in [4.69, 9.17) is 5.73 Å². The molecule has 2 nitrogen and oxygen atoms in total. The number of hydrogen-bond donors (Lipinski definition) is 1. The van der Waals surface area contributed by atoms with Crippen molar-refractivity contribution in [3.05, 3.63) is 35.4 Å². The Morgan fingerprint density at radius 2 is 1.83 bits per heavy atom. The highest BCUT2D eigenvalue weighted by Crippen LogP contribution is 2.24. The summed E-state index contributed by atoms with van der Waals surface area (Å²) in [5.74, 6) is -1.04. The van der Waals surface area contributed by atoms with Crippen LogP contribution in [0, 0.1) is 11.6 Å². The van der Waals surface area contributed by atoms with Crippen LogP contribution in [0.25, 0.3) is 0 Å². The summed E-state index contributed by atoms with van der Waals surface area (Å²) in [6.07, 6.45) is 3.25. The van der Waals surface area contributed by atoms with Gasteiger partial charge < -0.3 is 5.73 Å². The maximum atomic E-state index is 13.7. The molecular formula is C14H22F2N2. The van der Waals surface area contributed by atoms with E-state index in [0.29, 0.717) is 0 Å². The fraction of sp³-hybridized carbons (Fsp3) is 0.571. The Hall–Kier alpha value is -1.00. The van der Waals surface area contributed by atoms with E-state index < -0.39 is 17.7 Å². The molecule has 0 saturated heterocycles. The predicted molar refractivity (Wildman–Crippen MR) is 70.3 cm³/mol. The van der Waals surface area contributed by atoms with Gasteiger partial charge in [-0.25, -0.2) is 8.78 Å². The Balaban J connectivity index is 2.82. The van der Waals surface area contributed by atoms with Gasteiger partial charge in [-0.15, -0.1) is 0 Å². The molecule has 1 aromatic rings. The van der Waals surface area contributed by atoms with E-state index in [1.54, 1.807) is 0 Å². The lowest BCUT2D eigenvalue weighted by atomic mass is 10.0. The molecule has 0 aromatic heterocycles. The quantitative estimate of drug-likeness (QED) is 0.760. The zero-order chi connectivity index (χ0) is 13.5. The molecule has 0 amide bonds.